The summed E-state index contributed by atoms with van der Waals surface area (Å²) in [6.07, 6.45) is 5.63. The third-order valence-corrected chi connectivity index (χ3v) is 3.97. The van der Waals surface area contributed by atoms with E-state index in [2.05, 4.69) is 17.2 Å². The van der Waals surface area contributed by atoms with Crippen LogP contribution in [0.15, 0.2) is 41.1 Å². The van der Waals surface area contributed by atoms with Gasteiger partial charge in [0, 0.05) is 13.1 Å². The zero-order chi connectivity index (χ0) is 15.4. The number of anilines is 1. The molecule has 2 aromatic rings. The van der Waals surface area contributed by atoms with Gasteiger partial charge in [0.05, 0.1) is 24.7 Å². The van der Waals surface area contributed by atoms with Crippen molar-refractivity contribution < 1.29 is 9.21 Å². The second-order valence-electron chi connectivity index (χ2n) is 5.86. The van der Waals surface area contributed by atoms with E-state index < -0.39 is 0 Å². The summed E-state index contributed by atoms with van der Waals surface area (Å²) < 4.78 is 5.26. The number of nitrogens with zero attached hydrogens (tertiary/aromatic N) is 2. The van der Waals surface area contributed by atoms with Crippen molar-refractivity contribution >= 4 is 11.6 Å². The molecule has 1 unspecified atom stereocenters. The molecule has 1 N–H and O–H groups in total. The monoisotopic (exact) mass is 299 g/mol. The van der Waals surface area contributed by atoms with Crippen LogP contribution in [0.2, 0.25) is 0 Å². The number of hydrogen-bond acceptors (Lipinski definition) is 4. The van der Waals surface area contributed by atoms with Crippen LogP contribution in [0.1, 0.15) is 36.0 Å². The van der Waals surface area contributed by atoms with Gasteiger partial charge in [-0.15, -0.1) is 0 Å². The van der Waals surface area contributed by atoms with Crippen LogP contribution < -0.4 is 5.32 Å². The maximum atomic E-state index is 12.4. The van der Waals surface area contributed by atoms with Gasteiger partial charge < -0.3 is 14.6 Å². The average molecular weight is 299 g/mol. The van der Waals surface area contributed by atoms with Crippen LogP contribution in [-0.2, 0) is 6.54 Å². The van der Waals surface area contributed by atoms with Gasteiger partial charge in [-0.1, -0.05) is 6.92 Å². The third kappa shape index (κ3) is 3.47. The van der Waals surface area contributed by atoms with Gasteiger partial charge in [0.15, 0.2) is 0 Å². The highest BCUT2D eigenvalue weighted by Crippen LogP contribution is 2.18. The predicted molar refractivity (Wildman–Crippen MR) is 84.6 cm³/mol. The van der Waals surface area contributed by atoms with Crippen molar-refractivity contribution in [3.8, 4) is 0 Å². The highest BCUT2D eigenvalue weighted by Gasteiger charge is 2.22. The fourth-order valence-corrected chi connectivity index (χ4v) is 2.76. The van der Waals surface area contributed by atoms with Crippen LogP contribution in [0, 0.1) is 5.92 Å². The summed E-state index contributed by atoms with van der Waals surface area (Å²) in [5, 5.41) is 3.22. The number of nitrogens with one attached hydrogen (secondary N) is 1. The molecule has 1 aliphatic rings. The number of carbonyl (C=O) groups is 1. The number of rotatable bonds is 4. The van der Waals surface area contributed by atoms with Crippen molar-refractivity contribution in [2.45, 2.75) is 26.3 Å². The van der Waals surface area contributed by atoms with Gasteiger partial charge >= 0.3 is 0 Å². The molecule has 3 heterocycles. The van der Waals surface area contributed by atoms with Crippen LogP contribution >= 0.6 is 0 Å². The molecule has 0 spiro atoms. The molecule has 1 fully saturated rings. The van der Waals surface area contributed by atoms with Gasteiger partial charge in [-0.05, 0) is 43.0 Å². The highest BCUT2D eigenvalue weighted by atomic mass is 16.3. The van der Waals surface area contributed by atoms with Crippen molar-refractivity contribution in [1.82, 2.24) is 9.88 Å². The molecular formula is C17H21N3O2. The Morgan fingerprint density at radius 3 is 3.05 bits per heavy atom. The Morgan fingerprint density at radius 2 is 2.36 bits per heavy atom. The number of aromatic nitrogens is 1. The largest absolute Gasteiger partial charge is 0.467 e. The fraction of sp³-hybridized carbons (Fsp3) is 0.412. The number of piperidine rings is 1. The van der Waals surface area contributed by atoms with Gasteiger partial charge in [0.1, 0.15) is 11.5 Å². The lowest BCUT2D eigenvalue weighted by Gasteiger charge is -2.30. The van der Waals surface area contributed by atoms with Crippen molar-refractivity contribution in [3.63, 3.8) is 0 Å². The molecule has 0 aromatic carbocycles. The topological polar surface area (TPSA) is 58.4 Å². The Hall–Kier alpha value is -2.30. The smallest absolute Gasteiger partial charge is 0.272 e. The van der Waals surface area contributed by atoms with Crippen LogP contribution in [0.25, 0.3) is 0 Å². The van der Waals surface area contributed by atoms with E-state index in [-0.39, 0.29) is 5.91 Å². The number of likely N-dealkylation sites (tertiary alicyclic amines) is 1. The van der Waals surface area contributed by atoms with Gasteiger partial charge in [-0.3, -0.25) is 4.79 Å². The molecule has 1 saturated heterocycles. The lowest BCUT2D eigenvalue weighted by Crippen LogP contribution is -2.39. The Labute approximate surface area is 130 Å². The minimum absolute atomic E-state index is 0.0316. The van der Waals surface area contributed by atoms with Gasteiger partial charge in [0.2, 0.25) is 0 Å². The Balaban J connectivity index is 1.59. The van der Waals surface area contributed by atoms with E-state index in [0.717, 1.165) is 31.0 Å². The van der Waals surface area contributed by atoms with Crippen molar-refractivity contribution in [1.29, 1.82) is 0 Å². The summed E-state index contributed by atoms with van der Waals surface area (Å²) in [6.45, 7) is 4.46. The first-order valence-electron chi connectivity index (χ1n) is 7.74. The minimum atomic E-state index is 0.0316. The second-order valence-corrected chi connectivity index (χ2v) is 5.86. The molecule has 0 aliphatic carbocycles. The molecule has 0 bridgehead atoms. The molecule has 116 valence electrons. The zero-order valence-electron chi connectivity index (χ0n) is 12.8. The summed E-state index contributed by atoms with van der Waals surface area (Å²) in [6, 6.07) is 7.44. The molecule has 0 radical (unpaired) electrons. The van der Waals surface area contributed by atoms with E-state index in [9.17, 15) is 4.79 Å². The van der Waals surface area contributed by atoms with E-state index in [0.29, 0.717) is 18.2 Å². The third-order valence-electron chi connectivity index (χ3n) is 3.97. The molecule has 5 heteroatoms. The van der Waals surface area contributed by atoms with E-state index in [1.54, 1.807) is 18.5 Å². The minimum Gasteiger partial charge on any atom is -0.467 e. The van der Waals surface area contributed by atoms with Gasteiger partial charge in [-0.2, -0.15) is 0 Å². The molecular weight excluding hydrogens is 278 g/mol. The van der Waals surface area contributed by atoms with Crippen LogP contribution in [-0.4, -0.2) is 28.9 Å². The Bertz CT molecular complexity index is 607. The first kappa shape index (κ1) is 14.6. The summed E-state index contributed by atoms with van der Waals surface area (Å²) >= 11 is 0. The first-order chi connectivity index (χ1) is 10.7. The normalized spacial score (nSPS) is 18.2. The molecule has 1 aliphatic heterocycles. The van der Waals surface area contributed by atoms with Crippen molar-refractivity contribution in [2.75, 3.05) is 18.4 Å². The van der Waals surface area contributed by atoms with E-state index in [4.69, 9.17) is 4.42 Å². The maximum Gasteiger partial charge on any atom is 0.272 e. The summed E-state index contributed by atoms with van der Waals surface area (Å²) in [5.41, 5.74) is 1.39. The summed E-state index contributed by atoms with van der Waals surface area (Å²) in [4.78, 5) is 18.6. The lowest BCUT2D eigenvalue weighted by molar-refractivity contribution is 0.0677. The van der Waals surface area contributed by atoms with Crippen LogP contribution in [0.3, 0.4) is 0 Å². The fourth-order valence-electron chi connectivity index (χ4n) is 2.76. The molecule has 2 aromatic heterocycles. The number of carbonyl (C=O) groups excluding carboxylic acids is 1. The molecule has 22 heavy (non-hydrogen) atoms. The number of amides is 1. The number of furan rings is 1. The standard InChI is InChI=1S/C17H21N3O2/c1-13-4-2-8-20(12-13)17(21)16-7-6-14(10-19-16)18-11-15-5-3-9-22-15/h3,5-7,9-10,13,18H,2,4,8,11-12H2,1H3. The van der Waals surface area contributed by atoms with E-state index in [1.165, 1.54) is 6.42 Å². The van der Waals surface area contributed by atoms with Crippen LogP contribution in [0.5, 0.6) is 0 Å². The lowest BCUT2D eigenvalue weighted by atomic mass is 10.00. The summed E-state index contributed by atoms with van der Waals surface area (Å²) in [5.74, 6) is 1.47. The second kappa shape index (κ2) is 6.64. The average Bonchev–Trinajstić information content (AvgIpc) is 3.06. The SMILES string of the molecule is CC1CCCN(C(=O)c2ccc(NCc3ccco3)cn2)C1. The number of pyridine rings is 1. The molecule has 0 saturated carbocycles. The quantitative estimate of drug-likeness (QED) is 0.942. The highest BCUT2D eigenvalue weighted by molar-refractivity contribution is 5.92. The molecule has 1 atom stereocenters. The zero-order valence-corrected chi connectivity index (χ0v) is 12.8. The Morgan fingerprint density at radius 1 is 1.45 bits per heavy atom. The van der Waals surface area contributed by atoms with E-state index in [1.807, 2.05) is 23.1 Å². The first-order valence-corrected chi connectivity index (χ1v) is 7.74. The molecule has 5 nitrogen and oxygen atoms in total. The van der Waals surface area contributed by atoms with Gasteiger partial charge in [-0.25, -0.2) is 4.98 Å². The predicted octanol–water partition coefficient (Wildman–Crippen LogP) is 3.16. The summed E-state index contributed by atoms with van der Waals surface area (Å²) in [7, 11) is 0. The molecule has 1 amide bonds. The number of hydrogen-bond donors (Lipinski definition) is 1. The van der Waals surface area contributed by atoms with Crippen molar-refractivity contribution in [3.05, 3.63) is 48.2 Å². The van der Waals surface area contributed by atoms with Crippen LogP contribution in [0.4, 0.5) is 5.69 Å². The van der Waals surface area contributed by atoms with Crippen molar-refractivity contribution in [2.24, 2.45) is 5.92 Å². The Kier molecular flexibility index (Phi) is 4.42. The van der Waals surface area contributed by atoms with E-state index >= 15 is 0 Å². The maximum absolute atomic E-state index is 12.4. The molecule has 3 rings (SSSR count). The van der Waals surface area contributed by atoms with Gasteiger partial charge in [0.25, 0.3) is 5.91 Å².